The van der Waals surface area contributed by atoms with E-state index in [1.807, 2.05) is 0 Å². The van der Waals surface area contributed by atoms with E-state index in [1.54, 1.807) is 24.4 Å². The SMILES string of the molecule is CCOC(=O)COc1c(Br)cc(/C=N\NC(=O)Cc2csc(Nc3cccc(C(F)(F)F)c3)n2)cc1I. The first-order valence-electron chi connectivity index (χ1n) is 10.5. The third-order valence-electron chi connectivity index (χ3n) is 4.40. The zero-order chi connectivity index (χ0) is 27.0. The van der Waals surface area contributed by atoms with Gasteiger partial charge in [-0.25, -0.2) is 15.2 Å². The number of thiazole rings is 1. The number of benzene rings is 2. The van der Waals surface area contributed by atoms with Crippen LogP contribution in [-0.2, 0) is 26.9 Å². The lowest BCUT2D eigenvalue weighted by Crippen LogP contribution is -2.20. The lowest BCUT2D eigenvalue weighted by molar-refractivity contribution is -0.145. The van der Waals surface area contributed by atoms with E-state index >= 15 is 0 Å². The second kappa shape index (κ2) is 13.2. The van der Waals surface area contributed by atoms with E-state index in [0.717, 1.165) is 23.5 Å². The first-order valence-corrected chi connectivity index (χ1v) is 13.3. The Morgan fingerprint density at radius 2 is 2.05 bits per heavy atom. The smallest absolute Gasteiger partial charge is 0.416 e. The minimum absolute atomic E-state index is 0.0695. The zero-order valence-electron chi connectivity index (χ0n) is 19.1. The lowest BCUT2D eigenvalue weighted by atomic mass is 10.2. The van der Waals surface area contributed by atoms with Crippen LogP contribution in [0, 0.1) is 3.57 Å². The van der Waals surface area contributed by atoms with Crippen molar-refractivity contribution in [3.8, 4) is 5.75 Å². The summed E-state index contributed by atoms with van der Waals surface area (Å²) in [6.45, 7) is 1.75. The van der Waals surface area contributed by atoms with Gasteiger partial charge in [-0.05, 0) is 81.3 Å². The van der Waals surface area contributed by atoms with Crippen LogP contribution in [0.5, 0.6) is 5.75 Å². The van der Waals surface area contributed by atoms with Crippen LogP contribution in [0.15, 0.2) is 51.4 Å². The molecule has 0 saturated heterocycles. The predicted molar refractivity (Wildman–Crippen MR) is 145 cm³/mol. The summed E-state index contributed by atoms with van der Waals surface area (Å²) in [7, 11) is 0. The molecule has 0 atom stereocenters. The van der Waals surface area contributed by atoms with Crippen molar-refractivity contribution in [2.75, 3.05) is 18.5 Å². The molecule has 3 rings (SSSR count). The van der Waals surface area contributed by atoms with Crippen molar-refractivity contribution in [1.29, 1.82) is 0 Å². The number of hydrazone groups is 1. The quantitative estimate of drug-likeness (QED) is 0.118. The number of amides is 1. The average Bonchev–Trinajstić information content (AvgIpc) is 3.24. The van der Waals surface area contributed by atoms with Gasteiger partial charge in [0.05, 0.1) is 38.5 Å². The predicted octanol–water partition coefficient (Wildman–Crippen LogP) is 5.91. The Bertz CT molecular complexity index is 1280. The Morgan fingerprint density at radius 1 is 1.27 bits per heavy atom. The van der Waals surface area contributed by atoms with Crippen LogP contribution in [0.1, 0.15) is 23.7 Å². The molecule has 0 saturated carbocycles. The summed E-state index contributed by atoms with van der Waals surface area (Å²) in [5.74, 6) is -0.416. The van der Waals surface area contributed by atoms with Gasteiger partial charge in [-0.15, -0.1) is 11.3 Å². The van der Waals surface area contributed by atoms with Crippen molar-refractivity contribution >= 4 is 78.8 Å². The molecule has 0 bridgehead atoms. The van der Waals surface area contributed by atoms with Crippen LogP contribution < -0.4 is 15.5 Å². The van der Waals surface area contributed by atoms with Gasteiger partial charge in [0.2, 0.25) is 5.91 Å². The van der Waals surface area contributed by atoms with Gasteiger partial charge in [-0.1, -0.05) is 6.07 Å². The summed E-state index contributed by atoms with van der Waals surface area (Å²) in [5, 5.41) is 8.75. The van der Waals surface area contributed by atoms with Crippen molar-refractivity contribution in [3.05, 3.63) is 66.6 Å². The van der Waals surface area contributed by atoms with Gasteiger partial charge < -0.3 is 14.8 Å². The van der Waals surface area contributed by atoms with Crippen LogP contribution >= 0.6 is 49.9 Å². The molecule has 14 heteroatoms. The van der Waals surface area contributed by atoms with Gasteiger partial charge in [-0.2, -0.15) is 18.3 Å². The number of rotatable bonds is 10. The molecule has 196 valence electrons. The minimum Gasteiger partial charge on any atom is -0.480 e. The molecule has 0 aliphatic carbocycles. The number of alkyl halides is 3. The highest BCUT2D eigenvalue weighted by Crippen LogP contribution is 2.33. The second-order valence-electron chi connectivity index (χ2n) is 7.22. The maximum absolute atomic E-state index is 12.9. The summed E-state index contributed by atoms with van der Waals surface area (Å²) >= 11 is 6.61. The zero-order valence-corrected chi connectivity index (χ0v) is 23.6. The maximum atomic E-state index is 12.9. The fourth-order valence-corrected chi connectivity index (χ4v) is 5.35. The monoisotopic (exact) mass is 710 g/mol. The van der Waals surface area contributed by atoms with E-state index in [2.05, 4.69) is 59.3 Å². The maximum Gasteiger partial charge on any atom is 0.416 e. The van der Waals surface area contributed by atoms with Gasteiger partial charge in [0.25, 0.3) is 0 Å². The standard InChI is InChI=1S/C23H19BrF3IN4O4S/c1-2-35-20(34)11-36-21-17(24)6-13(7-18(21)28)10-29-32-19(33)9-16-12-37-22(31-16)30-15-5-3-4-14(8-15)23(25,26)27/h3-8,10,12H,2,9,11H2,1H3,(H,30,31)(H,32,33)/b29-10-. The molecule has 0 aliphatic heterocycles. The molecule has 3 aromatic rings. The van der Waals surface area contributed by atoms with E-state index in [9.17, 15) is 22.8 Å². The lowest BCUT2D eigenvalue weighted by Gasteiger charge is -2.10. The Labute approximate surface area is 235 Å². The molecule has 1 amide bonds. The van der Waals surface area contributed by atoms with Gasteiger partial charge in [0.1, 0.15) is 5.75 Å². The molecule has 8 nitrogen and oxygen atoms in total. The molecule has 0 spiro atoms. The number of halogens is 5. The Balaban J connectivity index is 1.53. The van der Waals surface area contributed by atoms with Crippen molar-refractivity contribution in [2.24, 2.45) is 5.10 Å². The number of carbonyl (C=O) groups excluding carboxylic acids is 2. The second-order valence-corrected chi connectivity index (χ2v) is 10.1. The van der Waals surface area contributed by atoms with Crippen LogP contribution in [0.25, 0.3) is 0 Å². The van der Waals surface area contributed by atoms with E-state index in [4.69, 9.17) is 9.47 Å². The van der Waals surface area contributed by atoms with Crippen LogP contribution in [0.3, 0.4) is 0 Å². The highest BCUT2D eigenvalue weighted by atomic mass is 127. The molecule has 2 N–H and O–H groups in total. The fraction of sp³-hybridized carbons (Fsp3) is 0.217. The molecule has 0 radical (unpaired) electrons. The number of aromatic nitrogens is 1. The van der Waals surface area contributed by atoms with Gasteiger partial charge in [0.15, 0.2) is 11.7 Å². The number of ether oxygens (including phenoxy) is 2. The van der Waals surface area contributed by atoms with Gasteiger partial charge in [0, 0.05) is 11.1 Å². The fourth-order valence-electron chi connectivity index (χ4n) is 2.85. The van der Waals surface area contributed by atoms with Crippen LogP contribution in [0.4, 0.5) is 24.0 Å². The topological polar surface area (TPSA) is 102 Å². The average molecular weight is 711 g/mol. The number of esters is 1. The van der Waals surface area contributed by atoms with Gasteiger partial charge in [-0.3, -0.25) is 4.79 Å². The van der Waals surface area contributed by atoms with Crippen molar-refractivity contribution < 1.29 is 32.2 Å². The Hall–Kier alpha value is -2.72. The van der Waals surface area contributed by atoms with E-state index in [0.29, 0.717) is 30.2 Å². The van der Waals surface area contributed by atoms with Crippen molar-refractivity contribution in [3.63, 3.8) is 0 Å². The first kappa shape index (κ1) is 28.8. The van der Waals surface area contributed by atoms with Crippen molar-refractivity contribution in [2.45, 2.75) is 19.5 Å². The third kappa shape index (κ3) is 8.96. The molecular formula is C23H19BrF3IN4O4S. The van der Waals surface area contributed by atoms with Crippen LogP contribution in [-0.4, -0.2) is 36.3 Å². The third-order valence-corrected chi connectivity index (χ3v) is 6.59. The minimum atomic E-state index is -4.45. The number of nitrogens with zero attached hydrogens (tertiary/aromatic N) is 2. The Kier molecular flexibility index (Phi) is 10.3. The summed E-state index contributed by atoms with van der Waals surface area (Å²) < 4.78 is 50.3. The largest absolute Gasteiger partial charge is 0.480 e. The van der Waals surface area contributed by atoms with Gasteiger partial charge >= 0.3 is 12.1 Å². The Morgan fingerprint density at radius 3 is 2.76 bits per heavy atom. The van der Waals surface area contributed by atoms with E-state index in [-0.39, 0.29) is 25.3 Å². The molecule has 0 unspecified atom stereocenters. The van der Waals surface area contributed by atoms with Crippen molar-refractivity contribution in [1.82, 2.24) is 10.4 Å². The molecule has 2 aromatic carbocycles. The summed E-state index contributed by atoms with van der Waals surface area (Å²) in [4.78, 5) is 28.0. The van der Waals surface area contributed by atoms with Crippen LogP contribution in [0.2, 0.25) is 0 Å². The molecule has 1 aromatic heterocycles. The number of hydrogen-bond donors (Lipinski definition) is 2. The first-order chi connectivity index (χ1) is 17.5. The number of carbonyl (C=O) groups is 2. The molecule has 1 heterocycles. The number of nitrogens with one attached hydrogen (secondary N) is 2. The molecule has 37 heavy (non-hydrogen) atoms. The van der Waals surface area contributed by atoms with E-state index in [1.165, 1.54) is 18.3 Å². The summed E-state index contributed by atoms with van der Waals surface area (Å²) in [6.07, 6.45) is -3.07. The summed E-state index contributed by atoms with van der Waals surface area (Å²) in [6, 6.07) is 8.24. The number of hydrogen-bond acceptors (Lipinski definition) is 8. The molecule has 0 aliphatic rings. The van der Waals surface area contributed by atoms with E-state index < -0.39 is 23.6 Å². The molecular weight excluding hydrogens is 692 g/mol. The highest BCUT2D eigenvalue weighted by Gasteiger charge is 2.30. The summed E-state index contributed by atoms with van der Waals surface area (Å²) in [5.41, 5.74) is 2.98. The highest BCUT2D eigenvalue weighted by molar-refractivity contribution is 14.1. The molecule has 0 fully saturated rings. The number of anilines is 2. The normalized spacial score (nSPS) is 11.4.